The van der Waals surface area contributed by atoms with Crippen molar-refractivity contribution < 1.29 is 27.9 Å². The van der Waals surface area contributed by atoms with Crippen molar-refractivity contribution in [1.29, 1.82) is 0 Å². The van der Waals surface area contributed by atoms with Gasteiger partial charge in [-0.3, -0.25) is 9.59 Å². The summed E-state index contributed by atoms with van der Waals surface area (Å²) >= 11 is 0. The van der Waals surface area contributed by atoms with E-state index in [0.29, 0.717) is 11.4 Å². The molecule has 1 amide bonds. The predicted molar refractivity (Wildman–Crippen MR) is 100 cm³/mol. The summed E-state index contributed by atoms with van der Waals surface area (Å²) in [7, 11) is -4.09. The highest BCUT2D eigenvalue weighted by Crippen LogP contribution is 2.38. The van der Waals surface area contributed by atoms with Crippen LogP contribution in [0.25, 0.3) is 0 Å². The third-order valence-corrected chi connectivity index (χ3v) is 5.61. The summed E-state index contributed by atoms with van der Waals surface area (Å²) in [5.74, 6) is -1.07. The van der Waals surface area contributed by atoms with Gasteiger partial charge in [0.05, 0.1) is 17.1 Å². The van der Waals surface area contributed by atoms with Gasteiger partial charge in [-0.15, -0.1) is 0 Å². The van der Waals surface area contributed by atoms with Crippen molar-refractivity contribution in [3.05, 3.63) is 18.2 Å². The number of anilines is 1. The molecule has 0 aromatic heterocycles. The van der Waals surface area contributed by atoms with Gasteiger partial charge in [-0.2, -0.15) is 4.72 Å². The molecule has 1 atom stereocenters. The van der Waals surface area contributed by atoms with E-state index in [2.05, 4.69) is 4.72 Å². The summed E-state index contributed by atoms with van der Waals surface area (Å²) in [6, 6.07) is 2.93. The number of carbonyl (C=O) groups is 2. The number of nitrogens with zero attached hydrogens (tertiary/aromatic N) is 1. The van der Waals surface area contributed by atoms with E-state index in [-0.39, 0.29) is 29.7 Å². The lowest BCUT2D eigenvalue weighted by atomic mass is 10.1. The van der Waals surface area contributed by atoms with Crippen molar-refractivity contribution in [1.82, 2.24) is 4.72 Å². The Hall–Kier alpha value is -2.13. The van der Waals surface area contributed by atoms with Crippen molar-refractivity contribution in [2.24, 2.45) is 5.92 Å². The predicted octanol–water partition coefficient (Wildman–Crippen LogP) is 1.99. The van der Waals surface area contributed by atoms with Gasteiger partial charge in [0.1, 0.15) is 17.4 Å². The smallest absolute Gasteiger partial charge is 0.321 e. The lowest BCUT2D eigenvalue weighted by Gasteiger charge is -2.39. The van der Waals surface area contributed by atoms with Crippen LogP contribution in [0, 0.1) is 5.92 Å². The summed E-state index contributed by atoms with van der Waals surface area (Å²) in [5, 5.41) is 9.30. The Bertz CT molecular complexity index is 847. The summed E-state index contributed by atoms with van der Waals surface area (Å²) in [6.45, 7) is 8.97. The highest BCUT2D eigenvalue weighted by atomic mass is 32.2. The number of rotatable bonds is 6. The second-order valence-electron chi connectivity index (χ2n) is 7.74. The Morgan fingerprint density at radius 1 is 1.33 bits per heavy atom. The van der Waals surface area contributed by atoms with Crippen LogP contribution in [0.4, 0.5) is 5.69 Å². The third kappa shape index (κ3) is 4.98. The standard InChI is InChI=1S/C18H26N2O6S/c1-11(2)8-14(17(22)23)19-27(24,25)13-6-7-16-15(9-13)20(12(3)21)10-18(4,5)26-16/h6-7,9,11,14,19H,8,10H2,1-5H3,(H,22,23). The summed E-state index contributed by atoms with van der Waals surface area (Å²) in [6.07, 6.45) is 0.163. The number of fused-ring (bicyclic) bond motifs is 1. The van der Waals surface area contributed by atoms with Crippen LogP contribution in [0.2, 0.25) is 0 Å². The number of carboxylic acids is 1. The maximum Gasteiger partial charge on any atom is 0.321 e. The average molecular weight is 398 g/mol. The molecule has 0 radical (unpaired) electrons. The first-order chi connectivity index (χ1) is 12.3. The maximum atomic E-state index is 12.7. The van der Waals surface area contributed by atoms with Crippen LogP contribution < -0.4 is 14.4 Å². The third-order valence-electron chi connectivity index (χ3n) is 4.14. The number of carbonyl (C=O) groups excluding carboxylic acids is 1. The van der Waals surface area contributed by atoms with E-state index < -0.39 is 27.6 Å². The second kappa shape index (κ2) is 7.47. The molecular formula is C18H26N2O6S. The van der Waals surface area contributed by atoms with Crippen LogP contribution >= 0.6 is 0 Å². The molecule has 0 saturated carbocycles. The molecule has 0 bridgehead atoms. The van der Waals surface area contributed by atoms with Crippen LogP contribution in [-0.2, 0) is 19.6 Å². The quantitative estimate of drug-likeness (QED) is 0.758. The summed E-state index contributed by atoms with van der Waals surface area (Å²) in [4.78, 5) is 24.8. The van der Waals surface area contributed by atoms with Gasteiger partial charge in [0, 0.05) is 6.92 Å². The lowest BCUT2D eigenvalue weighted by Crippen LogP contribution is -2.48. The number of carboxylic acid groups (broad SMARTS) is 1. The van der Waals surface area contributed by atoms with Crippen LogP contribution in [0.5, 0.6) is 5.75 Å². The second-order valence-corrected chi connectivity index (χ2v) is 9.45. The molecule has 1 aliphatic rings. The van der Waals surface area contributed by atoms with E-state index in [1.165, 1.54) is 30.0 Å². The molecule has 1 aromatic carbocycles. The number of nitrogens with one attached hydrogen (secondary N) is 1. The number of sulfonamides is 1. The fourth-order valence-electron chi connectivity index (χ4n) is 2.96. The van der Waals surface area contributed by atoms with Crippen molar-refractivity contribution in [3.8, 4) is 5.75 Å². The normalized spacial score (nSPS) is 17.2. The fourth-order valence-corrected chi connectivity index (χ4v) is 4.19. The molecule has 27 heavy (non-hydrogen) atoms. The van der Waals surface area contributed by atoms with Gasteiger partial charge in [0.15, 0.2) is 0 Å². The van der Waals surface area contributed by atoms with Gasteiger partial charge in [0.25, 0.3) is 0 Å². The molecule has 2 rings (SSSR count). The molecular weight excluding hydrogens is 372 g/mol. The van der Waals surface area contributed by atoms with Crippen LogP contribution in [0.15, 0.2) is 23.1 Å². The molecule has 0 saturated heterocycles. The van der Waals surface area contributed by atoms with Crippen molar-refractivity contribution >= 4 is 27.6 Å². The largest absolute Gasteiger partial charge is 0.484 e. The van der Waals surface area contributed by atoms with E-state index in [1.54, 1.807) is 0 Å². The minimum atomic E-state index is -4.09. The lowest BCUT2D eigenvalue weighted by molar-refractivity contribution is -0.139. The van der Waals surface area contributed by atoms with Crippen molar-refractivity contribution in [3.63, 3.8) is 0 Å². The van der Waals surface area contributed by atoms with Gasteiger partial charge >= 0.3 is 5.97 Å². The summed E-state index contributed by atoms with van der Waals surface area (Å²) in [5.41, 5.74) is -0.261. The molecule has 150 valence electrons. The molecule has 0 aliphatic carbocycles. The molecule has 0 spiro atoms. The zero-order chi connectivity index (χ0) is 20.6. The van der Waals surface area contributed by atoms with Crippen LogP contribution in [0.1, 0.15) is 41.0 Å². The first-order valence-electron chi connectivity index (χ1n) is 8.69. The highest BCUT2D eigenvalue weighted by Gasteiger charge is 2.35. The van der Waals surface area contributed by atoms with Gasteiger partial charge in [-0.25, -0.2) is 8.42 Å². The van der Waals surface area contributed by atoms with Gasteiger partial charge < -0.3 is 14.7 Å². The average Bonchev–Trinajstić information content (AvgIpc) is 2.51. The molecule has 9 heteroatoms. The summed E-state index contributed by atoms with van der Waals surface area (Å²) < 4.78 is 33.5. The minimum absolute atomic E-state index is 0.00108. The van der Waals surface area contributed by atoms with Gasteiger partial charge in [0.2, 0.25) is 15.9 Å². The van der Waals surface area contributed by atoms with E-state index in [1.807, 2.05) is 27.7 Å². The van der Waals surface area contributed by atoms with E-state index in [9.17, 15) is 23.1 Å². The topological polar surface area (TPSA) is 113 Å². The number of aliphatic carboxylic acids is 1. The number of hydrogen-bond acceptors (Lipinski definition) is 5. The Morgan fingerprint density at radius 3 is 2.48 bits per heavy atom. The van der Waals surface area contributed by atoms with E-state index in [4.69, 9.17) is 4.74 Å². The molecule has 1 heterocycles. The first kappa shape index (κ1) is 21.2. The van der Waals surface area contributed by atoms with Crippen LogP contribution in [-0.4, -0.2) is 43.6 Å². The van der Waals surface area contributed by atoms with Crippen LogP contribution in [0.3, 0.4) is 0 Å². The highest BCUT2D eigenvalue weighted by molar-refractivity contribution is 7.89. The maximum absolute atomic E-state index is 12.7. The van der Waals surface area contributed by atoms with Crippen molar-refractivity contribution in [2.75, 3.05) is 11.4 Å². The zero-order valence-electron chi connectivity index (χ0n) is 16.1. The van der Waals surface area contributed by atoms with E-state index >= 15 is 0 Å². The first-order valence-corrected chi connectivity index (χ1v) is 10.2. The molecule has 1 aromatic rings. The SMILES string of the molecule is CC(=O)N1CC(C)(C)Oc2ccc(S(=O)(=O)NC(CC(C)C)C(=O)O)cc21. The molecule has 8 nitrogen and oxygen atoms in total. The van der Waals surface area contributed by atoms with Gasteiger partial charge in [-0.05, 0) is 44.4 Å². The number of amides is 1. The minimum Gasteiger partial charge on any atom is -0.484 e. The van der Waals surface area contributed by atoms with Gasteiger partial charge in [-0.1, -0.05) is 13.8 Å². The monoisotopic (exact) mass is 398 g/mol. The van der Waals surface area contributed by atoms with Crippen molar-refractivity contribution in [2.45, 2.75) is 57.6 Å². The molecule has 1 unspecified atom stereocenters. The molecule has 2 N–H and O–H groups in total. The number of benzene rings is 1. The Labute approximate surface area is 159 Å². The number of hydrogen-bond donors (Lipinski definition) is 2. The zero-order valence-corrected chi connectivity index (χ0v) is 17.0. The fraction of sp³-hybridized carbons (Fsp3) is 0.556. The Morgan fingerprint density at radius 2 is 1.96 bits per heavy atom. The Balaban J connectivity index is 2.41. The molecule has 1 aliphatic heterocycles. The molecule has 0 fully saturated rings. The Kier molecular flexibility index (Phi) is 5.86. The number of ether oxygens (including phenoxy) is 1. The van der Waals surface area contributed by atoms with E-state index in [0.717, 1.165) is 0 Å².